The van der Waals surface area contributed by atoms with E-state index in [1.165, 1.54) is 24.8 Å². The van der Waals surface area contributed by atoms with Crippen LogP contribution in [-0.4, -0.2) is 44.0 Å². The number of Topliss-reactive ketones (excluding diaryl/α,β-unsaturated/α-hetero) is 1. The molecule has 1 fully saturated rings. The van der Waals surface area contributed by atoms with Gasteiger partial charge in [0.2, 0.25) is 5.78 Å². The molecule has 0 bridgehead atoms. The van der Waals surface area contributed by atoms with Crippen molar-refractivity contribution in [3.05, 3.63) is 65.9 Å². The highest BCUT2D eigenvalue weighted by Gasteiger charge is 2.23. The molecule has 2 heterocycles. The highest BCUT2D eigenvalue weighted by molar-refractivity contribution is 5.98. The van der Waals surface area contributed by atoms with Crippen LogP contribution in [0.15, 0.2) is 59.0 Å². The smallest absolute Gasteiger partial charge is 0.211 e. The molecule has 1 aliphatic heterocycles. The first-order valence-electron chi connectivity index (χ1n) is 10.3. The molecule has 1 aliphatic rings. The topological polar surface area (TPSA) is 54.7 Å². The molecular weight excluding hydrogens is 364 g/mol. The summed E-state index contributed by atoms with van der Waals surface area (Å²) in [7, 11) is 1.68. The van der Waals surface area contributed by atoms with Crippen LogP contribution in [-0.2, 0) is 0 Å². The Morgan fingerprint density at radius 1 is 1.10 bits per heavy atom. The lowest BCUT2D eigenvalue weighted by atomic mass is 10.0. The van der Waals surface area contributed by atoms with Crippen molar-refractivity contribution in [3.63, 3.8) is 0 Å². The number of furan rings is 1. The maximum atomic E-state index is 12.6. The van der Waals surface area contributed by atoms with Gasteiger partial charge in [-0.15, -0.1) is 0 Å². The predicted molar refractivity (Wildman–Crippen MR) is 115 cm³/mol. The highest BCUT2D eigenvalue weighted by atomic mass is 16.5. The van der Waals surface area contributed by atoms with Gasteiger partial charge < -0.3 is 14.5 Å². The SMILES string of the molecule is COc1ccc(C(CNCC(=O)c2cc3ccccc3o2)N2CCCCC2)cc1. The van der Waals surface area contributed by atoms with E-state index in [-0.39, 0.29) is 18.4 Å². The fraction of sp³-hybridized carbons (Fsp3) is 0.375. The van der Waals surface area contributed by atoms with Gasteiger partial charge in [-0.2, -0.15) is 0 Å². The molecule has 0 amide bonds. The maximum Gasteiger partial charge on any atom is 0.211 e. The summed E-state index contributed by atoms with van der Waals surface area (Å²) in [6.45, 7) is 3.17. The lowest BCUT2D eigenvalue weighted by Gasteiger charge is -2.35. The van der Waals surface area contributed by atoms with Gasteiger partial charge in [0.15, 0.2) is 5.76 Å². The van der Waals surface area contributed by atoms with Crippen molar-refractivity contribution in [2.75, 3.05) is 33.3 Å². The molecule has 5 nitrogen and oxygen atoms in total. The minimum Gasteiger partial charge on any atom is -0.497 e. The number of ketones is 1. The summed E-state index contributed by atoms with van der Waals surface area (Å²) < 4.78 is 11.0. The van der Waals surface area contributed by atoms with Gasteiger partial charge in [0.1, 0.15) is 11.3 Å². The van der Waals surface area contributed by atoms with E-state index in [0.717, 1.165) is 36.4 Å². The number of hydrogen-bond acceptors (Lipinski definition) is 5. The van der Waals surface area contributed by atoms with Crippen LogP contribution in [0.25, 0.3) is 11.0 Å². The minimum absolute atomic E-state index is 0.0201. The number of likely N-dealkylation sites (tertiary alicyclic amines) is 1. The van der Waals surface area contributed by atoms with Crippen LogP contribution in [0.3, 0.4) is 0 Å². The van der Waals surface area contributed by atoms with Crippen molar-refractivity contribution >= 4 is 16.8 Å². The van der Waals surface area contributed by atoms with E-state index >= 15 is 0 Å². The number of ether oxygens (including phenoxy) is 1. The summed E-state index contributed by atoms with van der Waals surface area (Å²) in [6.07, 6.45) is 3.75. The third-order valence-corrected chi connectivity index (χ3v) is 5.66. The highest BCUT2D eigenvalue weighted by Crippen LogP contribution is 2.26. The van der Waals surface area contributed by atoms with Gasteiger partial charge in [0.05, 0.1) is 13.7 Å². The Bertz CT molecular complexity index is 909. The third kappa shape index (κ3) is 4.69. The average Bonchev–Trinajstić information content (AvgIpc) is 3.22. The van der Waals surface area contributed by atoms with Crippen LogP contribution in [0.5, 0.6) is 5.75 Å². The van der Waals surface area contributed by atoms with Crippen molar-refractivity contribution in [2.24, 2.45) is 0 Å². The molecule has 1 saturated heterocycles. The van der Waals surface area contributed by atoms with Crippen molar-refractivity contribution in [2.45, 2.75) is 25.3 Å². The molecular formula is C24H28N2O3. The molecule has 1 aromatic heterocycles. The molecule has 2 aromatic carbocycles. The van der Waals surface area contributed by atoms with Gasteiger partial charge in [-0.3, -0.25) is 9.69 Å². The summed E-state index contributed by atoms with van der Waals surface area (Å²) in [6, 6.07) is 18.0. The number of rotatable bonds is 8. The van der Waals surface area contributed by atoms with Gasteiger partial charge in [0, 0.05) is 18.0 Å². The van der Waals surface area contributed by atoms with Crippen molar-refractivity contribution < 1.29 is 13.9 Å². The van der Waals surface area contributed by atoms with Gasteiger partial charge in [-0.1, -0.05) is 36.8 Å². The van der Waals surface area contributed by atoms with Crippen molar-refractivity contribution in [1.29, 1.82) is 0 Å². The Morgan fingerprint density at radius 3 is 2.59 bits per heavy atom. The number of para-hydroxylation sites is 1. The van der Waals surface area contributed by atoms with Gasteiger partial charge >= 0.3 is 0 Å². The molecule has 1 unspecified atom stereocenters. The lowest BCUT2D eigenvalue weighted by molar-refractivity contribution is 0.0959. The second kappa shape index (κ2) is 9.25. The molecule has 29 heavy (non-hydrogen) atoms. The molecule has 152 valence electrons. The summed E-state index contributed by atoms with van der Waals surface area (Å²) in [5.74, 6) is 1.25. The summed E-state index contributed by atoms with van der Waals surface area (Å²) in [5.41, 5.74) is 2.00. The normalized spacial score (nSPS) is 16.0. The van der Waals surface area contributed by atoms with E-state index < -0.39 is 0 Å². The van der Waals surface area contributed by atoms with Crippen LogP contribution in [0, 0.1) is 0 Å². The standard InChI is InChI=1S/C24H28N2O3/c1-28-20-11-9-18(10-12-20)21(26-13-5-2-6-14-26)16-25-17-22(27)24-15-19-7-3-4-8-23(19)29-24/h3-4,7-12,15,21,25H,2,5-6,13-14,16-17H2,1H3. The van der Waals surface area contributed by atoms with E-state index in [4.69, 9.17) is 9.15 Å². The molecule has 1 N–H and O–H groups in total. The second-order valence-corrected chi connectivity index (χ2v) is 7.59. The Morgan fingerprint density at radius 2 is 1.86 bits per heavy atom. The Balaban J connectivity index is 1.42. The summed E-state index contributed by atoms with van der Waals surface area (Å²) in [4.78, 5) is 15.1. The Labute approximate surface area is 171 Å². The number of hydrogen-bond donors (Lipinski definition) is 1. The fourth-order valence-corrected chi connectivity index (χ4v) is 4.04. The zero-order valence-corrected chi connectivity index (χ0v) is 16.9. The van der Waals surface area contributed by atoms with Crippen LogP contribution in [0.4, 0.5) is 0 Å². The van der Waals surface area contributed by atoms with Gasteiger partial charge in [-0.25, -0.2) is 0 Å². The molecule has 0 radical (unpaired) electrons. The van der Waals surface area contributed by atoms with E-state index in [1.807, 2.05) is 42.5 Å². The predicted octanol–water partition coefficient (Wildman–Crippen LogP) is 4.44. The first-order chi connectivity index (χ1) is 14.2. The van der Waals surface area contributed by atoms with Crippen LogP contribution < -0.4 is 10.1 Å². The number of fused-ring (bicyclic) bond motifs is 1. The number of nitrogens with one attached hydrogen (secondary N) is 1. The number of methoxy groups -OCH3 is 1. The van der Waals surface area contributed by atoms with Crippen LogP contribution in [0.2, 0.25) is 0 Å². The zero-order valence-electron chi connectivity index (χ0n) is 16.9. The molecule has 4 rings (SSSR count). The van der Waals surface area contributed by atoms with Crippen molar-refractivity contribution in [1.82, 2.24) is 10.2 Å². The van der Waals surface area contributed by atoms with E-state index in [1.54, 1.807) is 7.11 Å². The Hall–Kier alpha value is -2.63. The quantitative estimate of drug-likeness (QED) is 0.575. The van der Waals surface area contributed by atoms with E-state index in [0.29, 0.717) is 5.76 Å². The Kier molecular flexibility index (Phi) is 6.27. The number of carbonyl (C=O) groups excluding carboxylic acids is 1. The number of piperidine rings is 1. The average molecular weight is 392 g/mol. The molecule has 3 aromatic rings. The summed E-state index contributed by atoms with van der Waals surface area (Å²) in [5, 5.41) is 4.33. The van der Waals surface area contributed by atoms with Gasteiger partial charge in [0.25, 0.3) is 0 Å². The number of nitrogens with zero attached hydrogens (tertiary/aromatic N) is 1. The molecule has 1 atom stereocenters. The largest absolute Gasteiger partial charge is 0.497 e. The summed E-state index contributed by atoms with van der Waals surface area (Å²) >= 11 is 0. The third-order valence-electron chi connectivity index (χ3n) is 5.66. The fourth-order valence-electron chi connectivity index (χ4n) is 4.04. The minimum atomic E-state index is -0.0201. The molecule has 0 aliphatic carbocycles. The monoisotopic (exact) mass is 392 g/mol. The first kappa shape index (κ1) is 19.7. The maximum absolute atomic E-state index is 12.6. The molecule has 0 spiro atoms. The lowest BCUT2D eigenvalue weighted by Crippen LogP contribution is -2.40. The van der Waals surface area contributed by atoms with Crippen molar-refractivity contribution in [3.8, 4) is 5.75 Å². The van der Waals surface area contributed by atoms with Crippen LogP contribution >= 0.6 is 0 Å². The molecule has 5 heteroatoms. The van der Waals surface area contributed by atoms with Crippen LogP contribution in [0.1, 0.15) is 41.4 Å². The van der Waals surface area contributed by atoms with E-state index in [9.17, 15) is 4.79 Å². The van der Waals surface area contributed by atoms with E-state index in [2.05, 4.69) is 22.3 Å². The molecule has 0 saturated carbocycles. The second-order valence-electron chi connectivity index (χ2n) is 7.59. The van der Waals surface area contributed by atoms with Gasteiger partial charge in [-0.05, 0) is 55.8 Å². The first-order valence-corrected chi connectivity index (χ1v) is 10.3. The number of carbonyl (C=O) groups is 1. The zero-order chi connectivity index (χ0) is 20.1. The number of benzene rings is 2.